The Balaban J connectivity index is 1.99. The van der Waals surface area contributed by atoms with Crippen molar-refractivity contribution in [2.75, 3.05) is 7.11 Å². The number of halogens is 3. The van der Waals surface area contributed by atoms with Crippen LogP contribution >= 0.6 is 50.5 Å². The van der Waals surface area contributed by atoms with Crippen molar-refractivity contribution in [3.8, 4) is 28.8 Å². The Morgan fingerprint density at radius 3 is 2.74 bits per heavy atom. The predicted octanol–water partition coefficient (Wildman–Crippen LogP) is 6.66. The summed E-state index contributed by atoms with van der Waals surface area (Å²) in [5.41, 5.74) is 2.61. The van der Waals surface area contributed by atoms with E-state index in [9.17, 15) is 10.4 Å². The minimum absolute atomic E-state index is 0.00399. The number of phenolic OH excluding ortho intramolecular Hbond substituents is 1. The molecule has 0 unspecified atom stereocenters. The lowest BCUT2D eigenvalue weighted by atomic mass is 10.1. The van der Waals surface area contributed by atoms with Gasteiger partial charge in [0.2, 0.25) is 0 Å². The number of phenols is 1. The van der Waals surface area contributed by atoms with Crippen molar-refractivity contribution in [3.05, 3.63) is 60.8 Å². The van der Waals surface area contributed by atoms with Gasteiger partial charge < -0.3 is 9.84 Å². The first-order chi connectivity index (χ1) is 12.9. The van der Waals surface area contributed by atoms with E-state index in [1.807, 2.05) is 11.4 Å². The number of hydrogen-bond donors (Lipinski definition) is 1. The molecule has 1 N–H and O–H groups in total. The van der Waals surface area contributed by atoms with E-state index in [4.69, 9.17) is 27.9 Å². The molecule has 0 spiro atoms. The monoisotopic (exact) mass is 480 g/mol. The highest BCUT2D eigenvalue weighted by molar-refractivity contribution is 9.10. The first-order valence-electron chi connectivity index (χ1n) is 7.52. The van der Waals surface area contributed by atoms with Crippen LogP contribution < -0.4 is 4.74 Å². The van der Waals surface area contributed by atoms with Gasteiger partial charge in [0.05, 0.1) is 32.9 Å². The van der Waals surface area contributed by atoms with Gasteiger partial charge in [-0.15, -0.1) is 11.3 Å². The Hall–Kier alpha value is -2.04. The summed E-state index contributed by atoms with van der Waals surface area (Å²) in [7, 11) is 1.46. The number of methoxy groups -OCH3 is 1. The van der Waals surface area contributed by atoms with Gasteiger partial charge in [0.15, 0.2) is 11.5 Å². The second-order valence-electron chi connectivity index (χ2n) is 5.39. The van der Waals surface area contributed by atoms with Crippen LogP contribution in [0.25, 0.3) is 22.9 Å². The summed E-state index contributed by atoms with van der Waals surface area (Å²) in [5, 5.41) is 22.8. The van der Waals surface area contributed by atoms with Crippen LogP contribution in [-0.2, 0) is 0 Å². The van der Waals surface area contributed by atoms with Crippen molar-refractivity contribution in [2.24, 2.45) is 0 Å². The lowest BCUT2D eigenvalue weighted by Gasteiger charge is -2.06. The van der Waals surface area contributed by atoms with Gasteiger partial charge >= 0.3 is 0 Å². The maximum atomic E-state index is 9.91. The Labute approximate surface area is 178 Å². The number of nitriles is 1. The van der Waals surface area contributed by atoms with E-state index in [0.717, 1.165) is 5.56 Å². The molecule has 0 amide bonds. The molecule has 0 atom stereocenters. The minimum atomic E-state index is 0.00399. The molecular formula is C19H11BrCl2N2O2S. The zero-order valence-electron chi connectivity index (χ0n) is 13.8. The summed E-state index contributed by atoms with van der Waals surface area (Å²) in [4.78, 5) is 4.53. The van der Waals surface area contributed by atoms with Gasteiger partial charge in [0.25, 0.3) is 0 Å². The number of rotatable bonds is 4. The topological polar surface area (TPSA) is 66.1 Å². The molecule has 0 saturated heterocycles. The fourth-order valence-electron chi connectivity index (χ4n) is 2.33. The Morgan fingerprint density at radius 2 is 2.07 bits per heavy atom. The average molecular weight is 482 g/mol. The second-order valence-corrected chi connectivity index (χ2v) is 7.92. The largest absolute Gasteiger partial charge is 0.503 e. The number of allylic oxidation sites excluding steroid dienone is 1. The molecule has 8 heteroatoms. The maximum Gasteiger partial charge on any atom is 0.172 e. The van der Waals surface area contributed by atoms with Crippen LogP contribution in [0.4, 0.5) is 0 Å². The normalized spacial score (nSPS) is 11.3. The van der Waals surface area contributed by atoms with Crippen LogP contribution in [0.1, 0.15) is 10.6 Å². The Bertz CT molecular complexity index is 1090. The lowest BCUT2D eigenvalue weighted by molar-refractivity contribution is 0.372. The summed E-state index contributed by atoms with van der Waals surface area (Å²) < 4.78 is 5.61. The lowest BCUT2D eigenvalue weighted by Crippen LogP contribution is -1.87. The van der Waals surface area contributed by atoms with E-state index in [0.29, 0.717) is 42.1 Å². The summed E-state index contributed by atoms with van der Waals surface area (Å²) in [6.07, 6.45) is 1.68. The third kappa shape index (κ3) is 4.28. The second kappa shape index (κ2) is 8.32. The minimum Gasteiger partial charge on any atom is -0.503 e. The van der Waals surface area contributed by atoms with Gasteiger partial charge in [-0.2, -0.15) is 5.26 Å². The quantitative estimate of drug-likeness (QED) is 0.423. The van der Waals surface area contributed by atoms with Crippen molar-refractivity contribution < 1.29 is 9.84 Å². The highest BCUT2D eigenvalue weighted by Crippen LogP contribution is 2.37. The van der Waals surface area contributed by atoms with Crippen molar-refractivity contribution >= 4 is 62.1 Å². The van der Waals surface area contributed by atoms with Crippen molar-refractivity contribution in [2.45, 2.75) is 0 Å². The number of ether oxygens (including phenoxy) is 1. The molecule has 0 aliphatic rings. The fraction of sp³-hybridized carbons (Fsp3) is 0.0526. The van der Waals surface area contributed by atoms with Gasteiger partial charge in [0, 0.05) is 10.9 Å². The molecule has 0 aliphatic carbocycles. The number of aromatic hydroxyl groups is 1. The summed E-state index contributed by atoms with van der Waals surface area (Å²) in [6, 6.07) is 10.8. The molecule has 0 fully saturated rings. The van der Waals surface area contributed by atoms with E-state index in [-0.39, 0.29) is 5.75 Å². The van der Waals surface area contributed by atoms with Crippen LogP contribution in [0.3, 0.4) is 0 Å². The summed E-state index contributed by atoms with van der Waals surface area (Å²) in [5.74, 6) is 0.313. The molecule has 0 saturated carbocycles. The molecule has 1 heterocycles. The van der Waals surface area contributed by atoms with E-state index < -0.39 is 0 Å². The number of aromatic nitrogens is 1. The van der Waals surface area contributed by atoms with Crippen LogP contribution in [0, 0.1) is 11.3 Å². The van der Waals surface area contributed by atoms with Gasteiger partial charge in [0.1, 0.15) is 11.1 Å². The highest BCUT2D eigenvalue weighted by atomic mass is 79.9. The van der Waals surface area contributed by atoms with Crippen LogP contribution in [0.5, 0.6) is 11.5 Å². The van der Waals surface area contributed by atoms with E-state index in [1.165, 1.54) is 18.4 Å². The van der Waals surface area contributed by atoms with Gasteiger partial charge in [-0.25, -0.2) is 4.98 Å². The van der Waals surface area contributed by atoms with Crippen LogP contribution in [0.2, 0.25) is 10.0 Å². The van der Waals surface area contributed by atoms with Crippen molar-refractivity contribution in [1.82, 2.24) is 4.98 Å². The average Bonchev–Trinajstić information content (AvgIpc) is 3.14. The third-order valence-corrected chi connectivity index (χ3v) is 5.87. The van der Waals surface area contributed by atoms with Crippen molar-refractivity contribution in [1.29, 1.82) is 5.26 Å². The number of thiazole rings is 1. The fourth-order valence-corrected chi connectivity index (χ4v) is 3.88. The Kier molecular flexibility index (Phi) is 6.08. The molecule has 3 rings (SSSR count). The first-order valence-corrected chi connectivity index (χ1v) is 9.95. The van der Waals surface area contributed by atoms with Crippen LogP contribution in [0.15, 0.2) is 40.2 Å². The smallest absolute Gasteiger partial charge is 0.172 e. The van der Waals surface area contributed by atoms with Gasteiger partial charge in [-0.3, -0.25) is 0 Å². The molecule has 4 nitrogen and oxygen atoms in total. The predicted molar refractivity (Wildman–Crippen MR) is 113 cm³/mol. The molecular weight excluding hydrogens is 471 g/mol. The van der Waals surface area contributed by atoms with Crippen LogP contribution in [-0.4, -0.2) is 17.2 Å². The zero-order valence-corrected chi connectivity index (χ0v) is 17.7. The van der Waals surface area contributed by atoms with Gasteiger partial charge in [-0.1, -0.05) is 29.3 Å². The molecule has 136 valence electrons. The van der Waals surface area contributed by atoms with Gasteiger partial charge in [-0.05, 0) is 51.8 Å². The number of nitrogens with zero attached hydrogens (tertiary/aromatic N) is 2. The highest BCUT2D eigenvalue weighted by Gasteiger charge is 2.12. The molecule has 27 heavy (non-hydrogen) atoms. The molecule has 0 radical (unpaired) electrons. The standard InChI is InChI=1S/C19H11BrCl2N2O2S/c1-26-17-6-10(5-13(20)18(17)25)4-12(8-23)19-24-16(9-27-19)11-2-3-14(21)15(22)7-11/h2-7,9,25H,1H3/b12-4-. The van der Waals surface area contributed by atoms with E-state index in [1.54, 1.807) is 30.3 Å². The zero-order chi connectivity index (χ0) is 19.6. The molecule has 1 aromatic heterocycles. The maximum absolute atomic E-state index is 9.91. The Morgan fingerprint density at radius 1 is 1.30 bits per heavy atom. The molecule has 0 bridgehead atoms. The number of hydrogen-bond acceptors (Lipinski definition) is 5. The molecule has 3 aromatic rings. The summed E-state index contributed by atoms with van der Waals surface area (Å²) >= 11 is 16.6. The van der Waals surface area contributed by atoms with Crippen molar-refractivity contribution in [3.63, 3.8) is 0 Å². The molecule has 0 aliphatic heterocycles. The van der Waals surface area contributed by atoms with E-state index >= 15 is 0 Å². The summed E-state index contributed by atoms with van der Waals surface area (Å²) in [6.45, 7) is 0. The number of benzene rings is 2. The third-order valence-electron chi connectivity index (χ3n) is 3.65. The molecule has 2 aromatic carbocycles. The van der Waals surface area contributed by atoms with E-state index in [2.05, 4.69) is 27.0 Å². The SMILES string of the molecule is COc1cc(/C=C(/C#N)c2nc(-c3ccc(Cl)c(Cl)c3)cs2)cc(Br)c1O. The first kappa shape index (κ1) is 19.7.